The van der Waals surface area contributed by atoms with Gasteiger partial charge in [-0.25, -0.2) is 4.39 Å². The Labute approximate surface area is 176 Å². The summed E-state index contributed by atoms with van der Waals surface area (Å²) in [7, 11) is 0. The number of nitrogens with two attached hydrogens (primary N) is 1. The second-order valence-electron chi connectivity index (χ2n) is 7.92. The zero-order chi connectivity index (χ0) is 21.1. The van der Waals surface area contributed by atoms with E-state index in [0.717, 1.165) is 42.5 Å². The van der Waals surface area contributed by atoms with E-state index in [1.54, 1.807) is 6.08 Å². The summed E-state index contributed by atoms with van der Waals surface area (Å²) in [6.45, 7) is 5.55. The third-order valence-corrected chi connectivity index (χ3v) is 5.68. The average molecular weight is 404 g/mol. The average Bonchev–Trinajstić information content (AvgIpc) is 2.74. The van der Waals surface area contributed by atoms with Gasteiger partial charge in [0.05, 0.1) is 0 Å². The van der Waals surface area contributed by atoms with Crippen LogP contribution in [0.4, 0.5) is 10.1 Å². The van der Waals surface area contributed by atoms with Crippen LogP contribution in [0, 0.1) is 5.82 Å². The Balaban J connectivity index is 1.39. The second-order valence-corrected chi connectivity index (χ2v) is 7.92. The van der Waals surface area contributed by atoms with E-state index in [4.69, 9.17) is 5.73 Å². The molecule has 0 radical (unpaired) electrons. The fraction of sp³-hybridized carbons (Fsp3) is 0.240. The van der Waals surface area contributed by atoms with E-state index in [1.165, 1.54) is 12.1 Å². The molecular formula is C25H26FN3O. The van der Waals surface area contributed by atoms with Gasteiger partial charge in [0.1, 0.15) is 5.82 Å². The molecule has 1 fully saturated rings. The van der Waals surface area contributed by atoms with E-state index in [9.17, 15) is 9.18 Å². The Hall–Kier alpha value is -3.18. The number of benzene rings is 3. The molecule has 1 heterocycles. The monoisotopic (exact) mass is 403 g/mol. The van der Waals surface area contributed by atoms with E-state index in [0.29, 0.717) is 11.3 Å². The number of anilines is 1. The van der Waals surface area contributed by atoms with Gasteiger partial charge in [-0.15, -0.1) is 0 Å². The first-order valence-electron chi connectivity index (χ1n) is 10.2. The molecule has 0 aliphatic carbocycles. The summed E-state index contributed by atoms with van der Waals surface area (Å²) in [4.78, 5) is 17.3. The lowest BCUT2D eigenvalue weighted by atomic mass is 10.0. The smallest absolute Gasteiger partial charge is 0.189 e. The standard InChI is InChI=1S/C25H26FN3O/c1-18-16-28(17-19-6-8-22(26)9-7-19)12-13-29(18)11-10-25(30)23-14-20-4-2-3-5-21(20)15-24(23)27/h2-11,14-15,18H,12-13,16-17,27H2,1H3/b11-10+/t18-/m1/s1. The van der Waals surface area contributed by atoms with E-state index in [1.807, 2.05) is 54.7 Å². The lowest BCUT2D eigenvalue weighted by molar-refractivity contribution is 0.103. The van der Waals surface area contributed by atoms with Crippen LogP contribution in [0.15, 0.2) is 72.9 Å². The summed E-state index contributed by atoms with van der Waals surface area (Å²) in [6, 6.07) is 18.5. The Morgan fingerprint density at radius 2 is 1.80 bits per heavy atom. The summed E-state index contributed by atoms with van der Waals surface area (Å²) >= 11 is 0. The van der Waals surface area contributed by atoms with Gasteiger partial charge in [-0.2, -0.15) is 0 Å². The number of halogens is 1. The van der Waals surface area contributed by atoms with Crippen molar-refractivity contribution in [2.24, 2.45) is 0 Å². The van der Waals surface area contributed by atoms with Crippen LogP contribution in [-0.2, 0) is 6.54 Å². The molecule has 4 nitrogen and oxygen atoms in total. The molecule has 3 aromatic rings. The lowest BCUT2D eigenvalue weighted by Gasteiger charge is -2.39. The van der Waals surface area contributed by atoms with Crippen LogP contribution < -0.4 is 5.73 Å². The topological polar surface area (TPSA) is 49.6 Å². The van der Waals surface area contributed by atoms with Crippen LogP contribution in [-0.4, -0.2) is 41.3 Å². The minimum atomic E-state index is -0.209. The summed E-state index contributed by atoms with van der Waals surface area (Å²) in [5, 5.41) is 2.03. The van der Waals surface area contributed by atoms with Gasteiger partial charge in [-0.3, -0.25) is 9.69 Å². The molecule has 1 aliphatic rings. The molecule has 0 unspecified atom stereocenters. The predicted molar refractivity (Wildman–Crippen MR) is 120 cm³/mol. The maximum Gasteiger partial charge on any atom is 0.189 e. The molecule has 0 amide bonds. The molecule has 0 bridgehead atoms. The molecule has 154 valence electrons. The molecule has 0 spiro atoms. The van der Waals surface area contributed by atoms with E-state index < -0.39 is 0 Å². The molecular weight excluding hydrogens is 377 g/mol. The van der Waals surface area contributed by atoms with Crippen LogP contribution in [0.3, 0.4) is 0 Å². The normalized spacial score (nSPS) is 17.7. The molecule has 2 N–H and O–H groups in total. The molecule has 0 aromatic heterocycles. The van der Waals surface area contributed by atoms with Gasteiger partial charge in [0, 0.05) is 55.7 Å². The second kappa shape index (κ2) is 8.67. The first-order chi connectivity index (χ1) is 14.5. The number of ketones is 1. The van der Waals surface area contributed by atoms with Crippen molar-refractivity contribution in [3.05, 3.63) is 89.9 Å². The van der Waals surface area contributed by atoms with E-state index in [-0.39, 0.29) is 17.6 Å². The molecule has 3 aromatic carbocycles. The van der Waals surface area contributed by atoms with Crippen molar-refractivity contribution in [3.63, 3.8) is 0 Å². The SMILES string of the molecule is C[C@@H]1CN(Cc2ccc(F)cc2)CCN1/C=C/C(=O)c1cc2ccccc2cc1N. The molecule has 1 saturated heterocycles. The van der Waals surface area contributed by atoms with Gasteiger partial charge in [0.15, 0.2) is 5.78 Å². The Morgan fingerprint density at radius 1 is 1.10 bits per heavy atom. The van der Waals surface area contributed by atoms with Gasteiger partial charge in [-0.1, -0.05) is 36.4 Å². The number of carbonyl (C=O) groups excluding carboxylic acids is 1. The Kier molecular flexibility index (Phi) is 5.81. The van der Waals surface area contributed by atoms with Crippen LogP contribution in [0.5, 0.6) is 0 Å². The summed E-state index contributed by atoms with van der Waals surface area (Å²) in [5.74, 6) is -0.294. The molecule has 1 aliphatic heterocycles. The zero-order valence-electron chi connectivity index (χ0n) is 17.1. The highest BCUT2D eigenvalue weighted by molar-refractivity contribution is 6.10. The molecule has 0 saturated carbocycles. The number of fused-ring (bicyclic) bond motifs is 1. The highest BCUT2D eigenvalue weighted by Gasteiger charge is 2.21. The maximum atomic E-state index is 13.1. The number of hydrogen-bond acceptors (Lipinski definition) is 4. The van der Waals surface area contributed by atoms with Crippen molar-refractivity contribution in [2.45, 2.75) is 19.5 Å². The summed E-state index contributed by atoms with van der Waals surface area (Å²) in [5.41, 5.74) is 8.27. The van der Waals surface area contributed by atoms with Gasteiger partial charge in [0.2, 0.25) is 0 Å². The van der Waals surface area contributed by atoms with Crippen LogP contribution in [0.2, 0.25) is 0 Å². The summed E-state index contributed by atoms with van der Waals surface area (Å²) in [6.07, 6.45) is 3.50. The fourth-order valence-electron chi connectivity index (χ4n) is 3.98. The zero-order valence-corrected chi connectivity index (χ0v) is 17.1. The lowest BCUT2D eigenvalue weighted by Crippen LogP contribution is -2.49. The number of piperazine rings is 1. The van der Waals surface area contributed by atoms with Gasteiger partial charge < -0.3 is 10.6 Å². The van der Waals surface area contributed by atoms with Crippen molar-refractivity contribution in [1.29, 1.82) is 0 Å². The quantitative estimate of drug-likeness (QED) is 0.388. The highest BCUT2D eigenvalue weighted by atomic mass is 19.1. The molecule has 1 atom stereocenters. The fourth-order valence-corrected chi connectivity index (χ4v) is 3.98. The Bertz CT molecular complexity index is 1080. The molecule has 4 rings (SSSR count). The largest absolute Gasteiger partial charge is 0.398 e. The Morgan fingerprint density at radius 3 is 2.50 bits per heavy atom. The highest BCUT2D eigenvalue weighted by Crippen LogP contribution is 2.23. The van der Waals surface area contributed by atoms with Gasteiger partial charge in [0.25, 0.3) is 0 Å². The van der Waals surface area contributed by atoms with Crippen LogP contribution >= 0.6 is 0 Å². The van der Waals surface area contributed by atoms with Crippen molar-refractivity contribution >= 4 is 22.2 Å². The van der Waals surface area contributed by atoms with Gasteiger partial charge >= 0.3 is 0 Å². The maximum absolute atomic E-state index is 13.1. The van der Waals surface area contributed by atoms with Crippen LogP contribution in [0.25, 0.3) is 10.8 Å². The van der Waals surface area contributed by atoms with Crippen molar-refractivity contribution < 1.29 is 9.18 Å². The van der Waals surface area contributed by atoms with Crippen molar-refractivity contribution in [2.75, 3.05) is 25.4 Å². The van der Waals surface area contributed by atoms with E-state index in [2.05, 4.69) is 16.7 Å². The minimum Gasteiger partial charge on any atom is -0.398 e. The molecule has 5 heteroatoms. The predicted octanol–water partition coefficient (Wildman–Crippen LogP) is 4.46. The van der Waals surface area contributed by atoms with Crippen molar-refractivity contribution in [1.82, 2.24) is 9.80 Å². The molecule has 30 heavy (non-hydrogen) atoms. The van der Waals surface area contributed by atoms with Crippen molar-refractivity contribution in [3.8, 4) is 0 Å². The number of rotatable bonds is 5. The third-order valence-electron chi connectivity index (χ3n) is 5.68. The number of carbonyl (C=O) groups is 1. The third kappa shape index (κ3) is 4.52. The number of allylic oxidation sites excluding steroid dienone is 1. The number of hydrogen-bond donors (Lipinski definition) is 1. The first-order valence-corrected chi connectivity index (χ1v) is 10.2. The number of nitrogen functional groups attached to an aromatic ring is 1. The van der Waals surface area contributed by atoms with Crippen LogP contribution in [0.1, 0.15) is 22.8 Å². The van der Waals surface area contributed by atoms with Gasteiger partial charge in [-0.05, 0) is 47.5 Å². The first kappa shape index (κ1) is 20.1. The van der Waals surface area contributed by atoms with E-state index >= 15 is 0 Å². The minimum absolute atomic E-state index is 0.0841. The number of nitrogens with zero attached hydrogens (tertiary/aromatic N) is 2. The summed E-state index contributed by atoms with van der Waals surface area (Å²) < 4.78 is 13.1.